The van der Waals surface area contributed by atoms with Crippen LogP contribution in [-0.2, 0) is 6.61 Å². The first-order valence-electron chi connectivity index (χ1n) is 10.5. The van der Waals surface area contributed by atoms with Gasteiger partial charge in [0.1, 0.15) is 17.5 Å². The van der Waals surface area contributed by atoms with Crippen LogP contribution in [0.3, 0.4) is 0 Å². The molecule has 0 aliphatic rings. The van der Waals surface area contributed by atoms with Crippen molar-refractivity contribution >= 4 is 76.5 Å². The summed E-state index contributed by atoms with van der Waals surface area (Å²) in [5.41, 5.74) is 1.94. The lowest BCUT2D eigenvalue weighted by molar-refractivity contribution is 0.269. The number of rotatable bonds is 7. The van der Waals surface area contributed by atoms with Crippen LogP contribution in [0.25, 0.3) is 10.9 Å². The van der Waals surface area contributed by atoms with Gasteiger partial charge in [0.15, 0.2) is 11.5 Å². The Bertz CT molecular complexity index is 1490. The van der Waals surface area contributed by atoms with E-state index in [1.165, 1.54) is 10.9 Å². The Morgan fingerprint density at radius 3 is 2.49 bits per heavy atom. The van der Waals surface area contributed by atoms with Crippen molar-refractivity contribution in [3.05, 3.63) is 94.3 Å². The van der Waals surface area contributed by atoms with Crippen molar-refractivity contribution in [3.63, 3.8) is 0 Å². The lowest BCUT2D eigenvalue weighted by Crippen LogP contribution is -2.20. The minimum Gasteiger partial charge on any atom is -0.490 e. The molecule has 0 unspecified atom stereocenters. The first-order chi connectivity index (χ1) is 16.8. The molecule has 10 heteroatoms. The first-order valence-corrected chi connectivity index (χ1v) is 13.3. The summed E-state index contributed by atoms with van der Waals surface area (Å²) >= 11 is 17.0. The minimum atomic E-state index is -0.272. The molecule has 0 aliphatic carbocycles. The van der Waals surface area contributed by atoms with Gasteiger partial charge in [-0.15, -0.1) is 0 Å². The summed E-state index contributed by atoms with van der Waals surface area (Å²) in [6.45, 7) is 4.35. The van der Waals surface area contributed by atoms with Crippen LogP contribution in [0.15, 0.2) is 71.8 Å². The highest BCUT2D eigenvalue weighted by atomic mass is 79.9. The van der Waals surface area contributed by atoms with E-state index < -0.39 is 0 Å². The van der Waals surface area contributed by atoms with Crippen LogP contribution in [-0.4, -0.2) is 22.5 Å². The van der Waals surface area contributed by atoms with Gasteiger partial charge in [0.05, 0.1) is 23.7 Å². The summed E-state index contributed by atoms with van der Waals surface area (Å²) < 4.78 is 15.4. The van der Waals surface area contributed by atoms with Crippen molar-refractivity contribution in [2.24, 2.45) is 5.10 Å². The zero-order valence-electron chi connectivity index (χ0n) is 18.7. The molecule has 0 spiro atoms. The fourth-order valence-electron chi connectivity index (χ4n) is 3.35. The van der Waals surface area contributed by atoms with Gasteiger partial charge < -0.3 is 9.47 Å². The number of aryl methyl sites for hydroxylation is 1. The third-order valence-electron chi connectivity index (χ3n) is 5.03. The summed E-state index contributed by atoms with van der Waals surface area (Å²) in [6, 6.07) is 15.0. The normalized spacial score (nSPS) is 11.4. The summed E-state index contributed by atoms with van der Waals surface area (Å²) in [5.74, 6) is 1.36. The summed E-state index contributed by atoms with van der Waals surface area (Å²) in [4.78, 5) is 17.5. The average molecular weight is 685 g/mol. The molecule has 0 saturated carbocycles. The molecule has 0 bridgehead atoms. The largest absolute Gasteiger partial charge is 0.490 e. The van der Waals surface area contributed by atoms with Crippen LogP contribution in [0.1, 0.15) is 23.9 Å². The zero-order valence-corrected chi connectivity index (χ0v) is 24.2. The quantitative estimate of drug-likeness (QED) is 0.189. The third-order valence-corrected chi connectivity index (χ3v) is 7.50. The highest BCUT2D eigenvalue weighted by Gasteiger charge is 2.18. The molecule has 4 aromatic rings. The van der Waals surface area contributed by atoms with Crippen LogP contribution in [0.5, 0.6) is 11.5 Å². The first kappa shape index (κ1) is 25.9. The Labute approximate surface area is 232 Å². The van der Waals surface area contributed by atoms with Crippen molar-refractivity contribution in [2.75, 3.05) is 6.61 Å². The van der Waals surface area contributed by atoms with Gasteiger partial charge in [0.2, 0.25) is 0 Å². The molecule has 0 N–H and O–H groups in total. The number of halogens is 4. The maximum absolute atomic E-state index is 13.0. The van der Waals surface area contributed by atoms with E-state index in [-0.39, 0.29) is 5.56 Å². The smallest absolute Gasteiger partial charge is 0.282 e. The molecular formula is C25H19Br3ClN3O3. The Balaban J connectivity index is 1.70. The Hall–Kier alpha value is -2.20. The molecule has 1 heterocycles. The summed E-state index contributed by atoms with van der Waals surface area (Å²) in [6.07, 6.45) is 1.54. The number of aromatic nitrogens is 2. The van der Waals surface area contributed by atoms with Crippen molar-refractivity contribution in [2.45, 2.75) is 20.5 Å². The topological polar surface area (TPSA) is 65.7 Å². The second-order valence-electron chi connectivity index (χ2n) is 7.45. The van der Waals surface area contributed by atoms with Gasteiger partial charge in [-0.3, -0.25) is 4.79 Å². The number of hydrogen-bond donors (Lipinski definition) is 0. The Kier molecular flexibility index (Phi) is 8.31. The van der Waals surface area contributed by atoms with E-state index in [0.29, 0.717) is 56.5 Å². The van der Waals surface area contributed by atoms with Crippen LogP contribution in [0.2, 0.25) is 5.02 Å². The zero-order chi connectivity index (χ0) is 25.1. The highest BCUT2D eigenvalue weighted by molar-refractivity contribution is 9.11. The van der Waals surface area contributed by atoms with Gasteiger partial charge >= 0.3 is 0 Å². The molecule has 0 saturated heterocycles. The Morgan fingerprint density at radius 2 is 1.77 bits per heavy atom. The minimum absolute atomic E-state index is 0.272. The van der Waals surface area contributed by atoms with E-state index in [2.05, 4.69) is 57.9 Å². The number of ether oxygens (including phenoxy) is 2. The molecule has 3 aromatic carbocycles. The monoisotopic (exact) mass is 681 g/mol. The number of hydrogen-bond acceptors (Lipinski definition) is 5. The van der Waals surface area contributed by atoms with Gasteiger partial charge in [-0.1, -0.05) is 55.6 Å². The molecule has 180 valence electrons. The van der Waals surface area contributed by atoms with Gasteiger partial charge in [-0.25, -0.2) is 4.98 Å². The SMILES string of the molecule is CCOc1cc(C=Nn2c(C)nc3ccc(Br)cc3c2=O)c(Br)c(Cl)c1OCc1ccc(Br)cc1. The van der Waals surface area contributed by atoms with E-state index in [0.717, 1.165) is 14.5 Å². The van der Waals surface area contributed by atoms with Crippen LogP contribution < -0.4 is 15.0 Å². The molecule has 6 nitrogen and oxygen atoms in total. The van der Waals surface area contributed by atoms with Crippen LogP contribution in [0, 0.1) is 6.92 Å². The lowest BCUT2D eigenvalue weighted by Gasteiger charge is -2.16. The Morgan fingerprint density at radius 1 is 1.06 bits per heavy atom. The van der Waals surface area contributed by atoms with Crippen LogP contribution in [0.4, 0.5) is 0 Å². The maximum atomic E-state index is 13.0. The summed E-state index contributed by atoms with van der Waals surface area (Å²) in [5, 5.41) is 5.21. The van der Waals surface area contributed by atoms with Gasteiger partial charge in [0.25, 0.3) is 5.56 Å². The predicted octanol–water partition coefficient (Wildman–Crippen LogP) is 7.51. The average Bonchev–Trinajstić information content (AvgIpc) is 2.83. The second kappa shape index (κ2) is 11.2. The molecular weight excluding hydrogens is 665 g/mol. The third kappa shape index (κ3) is 5.80. The predicted molar refractivity (Wildman–Crippen MR) is 150 cm³/mol. The van der Waals surface area contributed by atoms with Gasteiger partial charge in [-0.05, 0) is 71.7 Å². The number of fused-ring (bicyclic) bond motifs is 1. The van der Waals surface area contributed by atoms with Crippen molar-refractivity contribution in [3.8, 4) is 11.5 Å². The molecule has 0 fully saturated rings. The van der Waals surface area contributed by atoms with E-state index in [4.69, 9.17) is 21.1 Å². The molecule has 35 heavy (non-hydrogen) atoms. The number of nitrogens with zero attached hydrogens (tertiary/aromatic N) is 3. The molecule has 0 aliphatic heterocycles. The van der Waals surface area contributed by atoms with Gasteiger partial charge in [0, 0.05) is 19.0 Å². The second-order valence-corrected chi connectivity index (χ2v) is 10.5. The van der Waals surface area contributed by atoms with E-state index >= 15 is 0 Å². The maximum Gasteiger partial charge on any atom is 0.282 e. The highest BCUT2D eigenvalue weighted by Crippen LogP contribution is 2.42. The van der Waals surface area contributed by atoms with Crippen LogP contribution >= 0.6 is 59.4 Å². The van der Waals surface area contributed by atoms with E-state index in [1.807, 2.05) is 37.3 Å². The van der Waals surface area contributed by atoms with Crippen molar-refractivity contribution < 1.29 is 9.47 Å². The lowest BCUT2D eigenvalue weighted by atomic mass is 10.2. The van der Waals surface area contributed by atoms with E-state index in [9.17, 15) is 4.79 Å². The fraction of sp³-hybridized carbons (Fsp3) is 0.160. The number of benzene rings is 3. The van der Waals surface area contributed by atoms with E-state index in [1.54, 1.807) is 25.1 Å². The van der Waals surface area contributed by atoms with Crippen molar-refractivity contribution in [1.29, 1.82) is 0 Å². The molecule has 0 atom stereocenters. The standard InChI is InChI=1S/C25H19Br3ClN3O3/c1-3-34-21-10-16(22(28)23(29)24(21)35-13-15-4-6-17(26)7-5-15)12-30-32-14(2)31-20-9-8-18(27)11-19(20)25(32)33/h4-12H,3,13H2,1-2H3. The molecule has 4 rings (SSSR count). The molecule has 1 aromatic heterocycles. The van der Waals surface area contributed by atoms with Crippen molar-refractivity contribution in [1.82, 2.24) is 9.66 Å². The molecule has 0 radical (unpaired) electrons. The fourth-order valence-corrected chi connectivity index (χ4v) is 4.63. The van der Waals surface area contributed by atoms with Gasteiger partial charge in [-0.2, -0.15) is 9.78 Å². The molecule has 0 amide bonds. The summed E-state index contributed by atoms with van der Waals surface area (Å²) in [7, 11) is 0.